The zero-order chi connectivity index (χ0) is 22.3. The van der Waals surface area contributed by atoms with Crippen LogP contribution in [0.2, 0.25) is 0 Å². The maximum absolute atomic E-state index is 13.9. The molecule has 6 nitrogen and oxygen atoms in total. The van der Waals surface area contributed by atoms with E-state index in [1.807, 2.05) is 0 Å². The molecule has 1 N–H and O–H groups in total. The zero-order valence-electron chi connectivity index (χ0n) is 16.3. The lowest BCUT2D eigenvalue weighted by atomic mass is 9.85. The molecule has 1 saturated heterocycles. The standard InChI is InChI=1S/C20H19F5N4O2/c21-14-2-1-12(16(17(14)22)20(23,24)25)11-3-7-29(8-4-11)19(31)18-13-5-6-28(10-30)9-15(13)26-27-18/h1-2,10-11H,3-9H2,(H,26,27). The molecule has 2 aliphatic rings. The molecular weight excluding hydrogens is 423 g/mol. The quantitative estimate of drug-likeness (QED) is 0.586. The number of nitrogens with zero attached hydrogens (tertiary/aromatic N) is 3. The van der Waals surface area contributed by atoms with Crippen molar-refractivity contribution < 1.29 is 31.5 Å². The predicted octanol–water partition coefficient (Wildman–Crippen LogP) is 3.24. The first kappa shape index (κ1) is 21.3. The first-order chi connectivity index (χ1) is 14.7. The first-order valence-corrected chi connectivity index (χ1v) is 9.80. The van der Waals surface area contributed by atoms with E-state index in [4.69, 9.17) is 0 Å². The minimum absolute atomic E-state index is 0.169. The van der Waals surface area contributed by atoms with Gasteiger partial charge in [-0.1, -0.05) is 6.07 Å². The SMILES string of the molecule is O=CN1CCc2c(C(=O)N3CCC(c4ccc(F)c(F)c4C(F)(F)F)CC3)n[nH]c2C1. The number of hydrogen-bond donors (Lipinski definition) is 1. The molecule has 166 valence electrons. The van der Waals surface area contributed by atoms with Crippen molar-refractivity contribution in [1.82, 2.24) is 20.0 Å². The summed E-state index contributed by atoms with van der Waals surface area (Å²) in [6, 6.07) is 1.68. The van der Waals surface area contributed by atoms with Crippen molar-refractivity contribution in [3.05, 3.63) is 51.8 Å². The third-order valence-corrected chi connectivity index (χ3v) is 5.95. The summed E-state index contributed by atoms with van der Waals surface area (Å²) in [5.74, 6) is -4.42. The third kappa shape index (κ3) is 3.88. The fraction of sp³-hybridized carbons (Fsp3) is 0.450. The predicted molar refractivity (Wildman–Crippen MR) is 98.0 cm³/mol. The topological polar surface area (TPSA) is 69.3 Å². The Bertz CT molecular complexity index is 1010. The molecule has 0 atom stereocenters. The number of likely N-dealkylation sites (tertiary alicyclic amines) is 1. The number of piperidine rings is 1. The van der Waals surface area contributed by atoms with Gasteiger partial charge in [0.2, 0.25) is 6.41 Å². The second kappa shape index (κ2) is 7.93. The molecule has 0 bridgehead atoms. The molecule has 1 aromatic carbocycles. The number of carbonyl (C=O) groups excluding carboxylic acids is 2. The molecule has 2 aliphatic heterocycles. The van der Waals surface area contributed by atoms with E-state index in [2.05, 4.69) is 10.2 Å². The molecule has 1 aromatic heterocycles. The molecule has 0 spiro atoms. The maximum Gasteiger partial charge on any atom is 0.419 e. The van der Waals surface area contributed by atoms with Gasteiger partial charge < -0.3 is 9.80 Å². The van der Waals surface area contributed by atoms with E-state index in [0.29, 0.717) is 31.3 Å². The molecule has 0 unspecified atom stereocenters. The lowest BCUT2D eigenvalue weighted by Crippen LogP contribution is -2.39. The van der Waals surface area contributed by atoms with Gasteiger partial charge >= 0.3 is 6.18 Å². The van der Waals surface area contributed by atoms with Gasteiger partial charge in [0.25, 0.3) is 5.91 Å². The van der Waals surface area contributed by atoms with Crippen LogP contribution in [0.15, 0.2) is 12.1 Å². The fourth-order valence-electron chi connectivity index (χ4n) is 4.34. The number of aromatic amines is 1. The minimum Gasteiger partial charge on any atom is -0.339 e. The summed E-state index contributed by atoms with van der Waals surface area (Å²) in [4.78, 5) is 26.9. The van der Waals surface area contributed by atoms with E-state index in [-0.39, 0.29) is 43.1 Å². The van der Waals surface area contributed by atoms with Crippen LogP contribution in [-0.4, -0.2) is 51.9 Å². The van der Waals surface area contributed by atoms with Gasteiger partial charge in [-0.15, -0.1) is 0 Å². The average molecular weight is 442 g/mol. The second-order valence-electron chi connectivity index (χ2n) is 7.75. The normalized spacial score (nSPS) is 17.6. The van der Waals surface area contributed by atoms with E-state index in [1.165, 1.54) is 4.90 Å². The smallest absolute Gasteiger partial charge is 0.339 e. The summed E-state index contributed by atoms with van der Waals surface area (Å²) < 4.78 is 67.3. The summed E-state index contributed by atoms with van der Waals surface area (Å²) >= 11 is 0. The van der Waals surface area contributed by atoms with E-state index < -0.39 is 29.3 Å². The number of H-pyrrole nitrogens is 1. The van der Waals surface area contributed by atoms with E-state index >= 15 is 0 Å². The molecule has 2 amide bonds. The molecule has 11 heteroatoms. The Morgan fingerprint density at radius 1 is 1.16 bits per heavy atom. The number of fused-ring (bicyclic) bond motifs is 1. The van der Waals surface area contributed by atoms with Crippen LogP contribution in [0.5, 0.6) is 0 Å². The Kier molecular flexibility index (Phi) is 5.44. The van der Waals surface area contributed by atoms with Crippen LogP contribution in [0.25, 0.3) is 0 Å². The highest BCUT2D eigenvalue weighted by atomic mass is 19.4. The molecule has 2 aromatic rings. The zero-order valence-corrected chi connectivity index (χ0v) is 16.3. The van der Waals surface area contributed by atoms with Gasteiger partial charge in [-0.25, -0.2) is 8.78 Å². The first-order valence-electron chi connectivity index (χ1n) is 9.80. The Labute approximate surface area is 174 Å². The lowest BCUT2D eigenvalue weighted by molar-refractivity contribution is -0.141. The number of hydrogen-bond acceptors (Lipinski definition) is 3. The largest absolute Gasteiger partial charge is 0.419 e. The van der Waals surface area contributed by atoms with Crippen LogP contribution in [0.1, 0.15) is 51.6 Å². The van der Waals surface area contributed by atoms with Crippen LogP contribution in [0.4, 0.5) is 22.0 Å². The van der Waals surface area contributed by atoms with Crippen LogP contribution in [-0.2, 0) is 23.9 Å². The Hall–Kier alpha value is -2.98. The summed E-state index contributed by atoms with van der Waals surface area (Å²) in [5.41, 5.74) is -0.177. The van der Waals surface area contributed by atoms with Crippen LogP contribution >= 0.6 is 0 Å². The van der Waals surface area contributed by atoms with Crippen LogP contribution < -0.4 is 0 Å². The van der Waals surface area contributed by atoms with E-state index in [9.17, 15) is 31.5 Å². The Morgan fingerprint density at radius 3 is 2.52 bits per heavy atom. The second-order valence-corrected chi connectivity index (χ2v) is 7.75. The lowest BCUT2D eigenvalue weighted by Gasteiger charge is -2.33. The average Bonchev–Trinajstić information content (AvgIpc) is 3.17. The monoisotopic (exact) mass is 442 g/mol. The molecule has 0 saturated carbocycles. The van der Waals surface area contributed by atoms with Crippen LogP contribution in [0, 0.1) is 11.6 Å². The van der Waals surface area contributed by atoms with Crippen molar-refractivity contribution in [2.45, 2.75) is 37.9 Å². The van der Waals surface area contributed by atoms with Crippen molar-refractivity contribution in [3.8, 4) is 0 Å². The minimum atomic E-state index is -5.02. The molecular formula is C20H19F5N4O2. The number of nitrogens with one attached hydrogen (secondary N) is 1. The Balaban J connectivity index is 1.49. The number of rotatable bonds is 3. The van der Waals surface area contributed by atoms with Crippen molar-refractivity contribution in [3.63, 3.8) is 0 Å². The fourth-order valence-corrected chi connectivity index (χ4v) is 4.34. The van der Waals surface area contributed by atoms with Crippen molar-refractivity contribution in [1.29, 1.82) is 0 Å². The highest BCUT2D eigenvalue weighted by Crippen LogP contribution is 2.41. The van der Waals surface area contributed by atoms with Gasteiger partial charge in [-0.2, -0.15) is 18.3 Å². The van der Waals surface area contributed by atoms with Gasteiger partial charge in [0.05, 0.1) is 17.8 Å². The molecule has 1 fully saturated rings. The molecule has 4 rings (SSSR count). The molecule has 0 aliphatic carbocycles. The number of benzene rings is 1. The maximum atomic E-state index is 13.9. The molecule has 31 heavy (non-hydrogen) atoms. The molecule has 3 heterocycles. The summed E-state index contributed by atoms with van der Waals surface area (Å²) in [7, 11) is 0. The van der Waals surface area contributed by atoms with Gasteiger partial charge in [0, 0.05) is 25.2 Å². The number of carbonyl (C=O) groups is 2. The summed E-state index contributed by atoms with van der Waals surface area (Å²) in [5, 5.41) is 6.87. The van der Waals surface area contributed by atoms with Gasteiger partial charge in [-0.3, -0.25) is 14.7 Å². The van der Waals surface area contributed by atoms with Crippen LogP contribution in [0.3, 0.4) is 0 Å². The molecule has 0 radical (unpaired) electrons. The summed E-state index contributed by atoms with van der Waals surface area (Å²) in [6.45, 7) is 1.13. The number of aromatic nitrogens is 2. The third-order valence-electron chi connectivity index (χ3n) is 5.95. The summed E-state index contributed by atoms with van der Waals surface area (Å²) in [6.07, 6.45) is -3.44. The van der Waals surface area contributed by atoms with Gasteiger partial charge in [0.15, 0.2) is 17.3 Å². The highest BCUT2D eigenvalue weighted by Gasteiger charge is 2.41. The van der Waals surface area contributed by atoms with Crippen molar-refractivity contribution in [2.75, 3.05) is 19.6 Å². The Morgan fingerprint density at radius 2 is 1.87 bits per heavy atom. The van der Waals surface area contributed by atoms with Crippen molar-refractivity contribution in [2.24, 2.45) is 0 Å². The van der Waals surface area contributed by atoms with E-state index in [1.54, 1.807) is 4.90 Å². The highest BCUT2D eigenvalue weighted by molar-refractivity contribution is 5.94. The van der Waals surface area contributed by atoms with Crippen molar-refractivity contribution >= 4 is 12.3 Å². The number of alkyl halides is 3. The van der Waals surface area contributed by atoms with Gasteiger partial charge in [-0.05, 0) is 36.8 Å². The van der Waals surface area contributed by atoms with E-state index in [0.717, 1.165) is 18.0 Å². The van der Waals surface area contributed by atoms with Gasteiger partial charge in [0.1, 0.15) is 0 Å². The number of halogens is 5. The number of amides is 2.